The average molecular weight is 380 g/mol. The summed E-state index contributed by atoms with van der Waals surface area (Å²) in [6.07, 6.45) is 4.03. The molecule has 1 atom stereocenters. The summed E-state index contributed by atoms with van der Waals surface area (Å²) in [5, 5.41) is 6.51. The summed E-state index contributed by atoms with van der Waals surface area (Å²) in [4.78, 5) is 41.4. The highest BCUT2D eigenvalue weighted by Gasteiger charge is 2.38. The molecule has 0 radical (unpaired) electrons. The maximum atomic E-state index is 12.6. The molecule has 4 amide bonds. The van der Waals surface area contributed by atoms with Crippen molar-refractivity contribution in [2.45, 2.75) is 13.0 Å². The van der Waals surface area contributed by atoms with E-state index in [0.29, 0.717) is 18.7 Å². The van der Waals surface area contributed by atoms with E-state index in [4.69, 9.17) is 4.42 Å². The first-order valence-electron chi connectivity index (χ1n) is 9.08. The van der Waals surface area contributed by atoms with Crippen molar-refractivity contribution in [3.8, 4) is 0 Å². The third kappa shape index (κ3) is 3.48. The minimum atomic E-state index is -0.948. The van der Waals surface area contributed by atoms with Crippen molar-refractivity contribution in [2.24, 2.45) is 5.92 Å². The van der Waals surface area contributed by atoms with Crippen LogP contribution in [0.1, 0.15) is 11.3 Å². The molecular formula is C20H20N4O4. The molecular weight excluding hydrogens is 360 g/mol. The Kier molecular flexibility index (Phi) is 4.84. The van der Waals surface area contributed by atoms with Gasteiger partial charge in [0.2, 0.25) is 11.8 Å². The molecule has 8 nitrogen and oxygen atoms in total. The van der Waals surface area contributed by atoms with Gasteiger partial charge in [-0.3, -0.25) is 14.5 Å². The Balaban J connectivity index is 1.36. The molecule has 0 spiro atoms. The largest absolute Gasteiger partial charge is 0.467 e. The number of fused-ring (bicyclic) bond motifs is 1. The van der Waals surface area contributed by atoms with E-state index < -0.39 is 23.8 Å². The van der Waals surface area contributed by atoms with Crippen molar-refractivity contribution in [3.63, 3.8) is 0 Å². The van der Waals surface area contributed by atoms with Gasteiger partial charge in [-0.25, -0.2) is 4.79 Å². The predicted molar refractivity (Wildman–Crippen MR) is 101 cm³/mol. The first-order chi connectivity index (χ1) is 13.6. The van der Waals surface area contributed by atoms with Gasteiger partial charge in [0, 0.05) is 30.2 Å². The highest BCUT2D eigenvalue weighted by molar-refractivity contribution is 6.08. The Labute approximate surface area is 160 Å². The minimum Gasteiger partial charge on any atom is -0.467 e. The van der Waals surface area contributed by atoms with Crippen LogP contribution in [0.15, 0.2) is 53.3 Å². The minimum absolute atomic E-state index is 0.00319. The van der Waals surface area contributed by atoms with E-state index in [9.17, 15) is 14.4 Å². The normalized spacial score (nSPS) is 17.0. The zero-order valence-electron chi connectivity index (χ0n) is 15.1. The van der Waals surface area contributed by atoms with E-state index in [1.165, 1.54) is 6.26 Å². The van der Waals surface area contributed by atoms with Crippen molar-refractivity contribution in [1.29, 1.82) is 0 Å². The summed E-state index contributed by atoms with van der Waals surface area (Å²) in [5.41, 5.74) is 2.14. The molecule has 0 saturated carbocycles. The van der Waals surface area contributed by atoms with Crippen LogP contribution in [0.3, 0.4) is 0 Å². The summed E-state index contributed by atoms with van der Waals surface area (Å²) in [6.45, 7) is 0.388. The fraction of sp³-hybridized carbons (Fsp3) is 0.250. The number of benzene rings is 1. The van der Waals surface area contributed by atoms with Crippen molar-refractivity contribution in [2.75, 3.05) is 13.1 Å². The number of para-hydroxylation sites is 1. The molecule has 144 valence electrons. The molecule has 3 heterocycles. The van der Waals surface area contributed by atoms with Crippen LogP contribution in [0.5, 0.6) is 0 Å². The molecule has 1 unspecified atom stereocenters. The number of H-pyrrole nitrogens is 1. The molecule has 4 rings (SSSR count). The lowest BCUT2D eigenvalue weighted by molar-refractivity contribution is -0.141. The zero-order chi connectivity index (χ0) is 19.5. The fourth-order valence-corrected chi connectivity index (χ4v) is 3.36. The van der Waals surface area contributed by atoms with Crippen molar-refractivity contribution < 1.29 is 18.8 Å². The number of urea groups is 1. The smallest absolute Gasteiger partial charge is 0.324 e. The van der Waals surface area contributed by atoms with Crippen LogP contribution in [-0.2, 0) is 22.6 Å². The van der Waals surface area contributed by atoms with E-state index in [1.54, 1.807) is 12.1 Å². The molecule has 0 bridgehead atoms. The van der Waals surface area contributed by atoms with Gasteiger partial charge in [-0.05, 0) is 30.2 Å². The second kappa shape index (κ2) is 7.59. The summed E-state index contributed by atoms with van der Waals surface area (Å²) < 4.78 is 5.19. The van der Waals surface area contributed by atoms with Crippen LogP contribution in [-0.4, -0.2) is 40.8 Å². The predicted octanol–water partition coefficient (Wildman–Crippen LogP) is 1.79. The number of furan rings is 1. The molecule has 1 saturated heterocycles. The Morgan fingerprint density at radius 2 is 2.07 bits per heavy atom. The van der Waals surface area contributed by atoms with E-state index >= 15 is 0 Å². The number of aromatic amines is 1. The molecule has 0 aliphatic carbocycles. The van der Waals surface area contributed by atoms with Crippen molar-refractivity contribution in [1.82, 2.24) is 20.5 Å². The molecule has 1 aliphatic rings. The maximum Gasteiger partial charge on any atom is 0.324 e. The van der Waals surface area contributed by atoms with Gasteiger partial charge in [0.25, 0.3) is 0 Å². The number of carbonyl (C=O) groups excluding carboxylic acids is 3. The molecule has 2 aromatic heterocycles. The Morgan fingerprint density at radius 1 is 1.21 bits per heavy atom. The number of carbonyl (C=O) groups is 3. The van der Waals surface area contributed by atoms with Gasteiger partial charge >= 0.3 is 6.03 Å². The molecule has 28 heavy (non-hydrogen) atoms. The number of aromatic nitrogens is 1. The number of hydrogen-bond donors (Lipinski definition) is 3. The van der Waals surface area contributed by atoms with Gasteiger partial charge in [0.05, 0.1) is 12.8 Å². The summed E-state index contributed by atoms with van der Waals surface area (Å²) in [6, 6.07) is 10.8. The first kappa shape index (κ1) is 17.8. The second-order valence-electron chi connectivity index (χ2n) is 6.64. The SMILES string of the molecule is O=C(NCCc1c[nH]c2ccccc12)C1CNC(=O)N(Cc2ccco2)C1=O. The van der Waals surface area contributed by atoms with Gasteiger partial charge in [0.15, 0.2) is 0 Å². The number of nitrogens with zero attached hydrogens (tertiary/aromatic N) is 1. The van der Waals surface area contributed by atoms with Crippen LogP contribution >= 0.6 is 0 Å². The lowest BCUT2D eigenvalue weighted by Gasteiger charge is -2.30. The third-order valence-electron chi connectivity index (χ3n) is 4.85. The van der Waals surface area contributed by atoms with Gasteiger partial charge in [-0.1, -0.05) is 18.2 Å². The van der Waals surface area contributed by atoms with E-state index in [0.717, 1.165) is 21.4 Å². The Morgan fingerprint density at radius 3 is 2.89 bits per heavy atom. The zero-order valence-corrected chi connectivity index (χ0v) is 15.1. The average Bonchev–Trinajstić information content (AvgIpc) is 3.35. The summed E-state index contributed by atoms with van der Waals surface area (Å²) >= 11 is 0. The Bertz CT molecular complexity index is 1010. The molecule has 1 aromatic carbocycles. The molecule has 3 N–H and O–H groups in total. The lowest BCUT2D eigenvalue weighted by atomic mass is 10.0. The number of amides is 4. The molecule has 3 aromatic rings. The first-order valence-corrected chi connectivity index (χ1v) is 9.08. The van der Waals surface area contributed by atoms with Crippen LogP contribution in [0, 0.1) is 5.92 Å². The van der Waals surface area contributed by atoms with Gasteiger partial charge < -0.3 is 20.0 Å². The van der Waals surface area contributed by atoms with E-state index in [-0.39, 0.29) is 13.1 Å². The number of imide groups is 1. The van der Waals surface area contributed by atoms with Gasteiger partial charge in [-0.2, -0.15) is 0 Å². The van der Waals surface area contributed by atoms with E-state index in [2.05, 4.69) is 15.6 Å². The van der Waals surface area contributed by atoms with E-state index in [1.807, 2.05) is 30.5 Å². The Hall–Kier alpha value is -3.55. The number of nitrogens with one attached hydrogen (secondary N) is 3. The van der Waals surface area contributed by atoms with Crippen LogP contribution < -0.4 is 10.6 Å². The molecule has 8 heteroatoms. The van der Waals surface area contributed by atoms with Crippen molar-refractivity contribution >= 4 is 28.7 Å². The number of rotatable bonds is 6. The van der Waals surface area contributed by atoms with Crippen LogP contribution in [0.4, 0.5) is 4.79 Å². The highest BCUT2D eigenvalue weighted by Crippen LogP contribution is 2.18. The van der Waals surface area contributed by atoms with Crippen LogP contribution in [0.2, 0.25) is 0 Å². The standard InChI is InChI=1S/C20H20N4O4/c25-18(21-8-7-13-10-22-17-6-2-1-5-15(13)17)16-11-23-20(27)24(19(16)26)12-14-4-3-9-28-14/h1-6,9-10,16,22H,7-8,11-12H2,(H,21,25)(H,23,27). The second-order valence-corrected chi connectivity index (χ2v) is 6.64. The van der Waals surface area contributed by atoms with Crippen LogP contribution in [0.25, 0.3) is 10.9 Å². The maximum absolute atomic E-state index is 12.6. The number of hydrogen-bond acceptors (Lipinski definition) is 4. The monoisotopic (exact) mass is 380 g/mol. The summed E-state index contributed by atoms with van der Waals surface area (Å²) in [5.74, 6) is -1.39. The van der Waals surface area contributed by atoms with Crippen molar-refractivity contribution in [3.05, 3.63) is 60.2 Å². The van der Waals surface area contributed by atoms with Gasteiger partial charge in [-0.15, -0.1) is 0 Å². The highest BCUT2D eigenvalue weighted by atomic mass is 16.3. The fourth-order valence-electron chi connectivity index (χ4n) is 3.36. The quantitative estimate of drug-likeness (QED) is 0.567. The lowest BCUT2D eigenvalue weighted by Crippen LogP contribution is -2.58. The topological polar surface area (TPSA) is 107 Å². The molecule has 1 fully saturated rings. The third-order valence-corrected chi connectivity index (χ3v) is 4.85. The summed E-state index contributed by atoms with van der Waals surface area (Å²) in [7, 11) is 0. The van der Waals surface area contributed by atoms with Gasteiger partial charge in [0.1, 0.15) is 11.7 Å². The molecule has 1 aliphatic heterocycles.